The van der Waals surface area contributed by atoms with Gasteiger partial charge in [0.05, 0.1) is 12.8 Å². The summed E-state index contributed by atoms with van der Waals surface area (Å²) in [4.78, 5) is 4.01. The fraction of sp³-hybridized carbons (Fsp3) is 0.615. The van der Waals surface area contributed by atoms with E-state index in [0.717, 1.165) is 5.75 Å². The lowest BCUT2D eigenvalue weighted by Crippen LogP contribution is -2.28. The molecule has 2 rings (SSSR count). The Labute approximate surface area is 107 Å². The third-order valence-electron chi connectivity index (χ3n) is 3.27. The molecule has 94 valence electrons. The average molecular weight is 253 g/mol. The molecule has 1 aliphatic heterocycles. The first-order valence-electron chi connectivity index (χ1n) is 6.11. The van der Waals surface area contributed by atoms with Gasteiger partial charge in [0.15, 0.2) is 0 Å². The second kappa shape index (κ2) is 6.87. The van der Waals surface area contributed by atoms with Gasteiger partial charge < -0.3 is 9.84 Å². The van der Waals surface area contributed by atoms with Gasteiger partial charge in [0.2, 0.25) is 0 Å². The summed E-state index contributed by atoms with van der Waals surface area (Å²) < 4.78 is 5.68. The topological polar surface area (TPSA) is 42.4 Å². The fourth-order valence-electron chi connectivity index (χ4n) is 2.16. The quantitative estimate of drug-likeness (QED) is 0.873. The molecule has 1 aromatic rings. The van der Waals surface area contributed by atoms with E-state index in [1.54, 1.807) is 12.4 Å². The molecule has 0 saturated carbocycles. The highest BCUT2D eigenvalue weighted by atomic mass is 32.2. The Morgan fingerprint density at radius 1 is 1.47 bits per heavy atom. The molecule has 1 fully saturated rings. The number of aliphatic hydroxyl groups is 1. The van der Waals surface area contributed by atoms with Crippen molar-refractivity contribution in [2.45, 2.75) is 12.8 Å². The molecule has 1 aromatic heterocycles. The SMILES string of the molecule is OCC(COc1cccnc1)C1CCSCC1. The third-order valence-corrected chi connectivity index (χ3v) is 4.31. The third kappa shape index (κ3) is 3.89. The summed E-state index contributed by atoms with van der Waals surface area (Å²) in [6, 6.07) is 3.76. The molecule has 0 spiro atoms. The first-order chi connectivity index (χ1) is 8.40. The zero-order valence-corrected chi connectivity index (χ0v) is 10.7. The van der Waals surface area contributed by atoms with E-state index in [4.69, 9.17) is 4.74 Å². The lowest BCUT2D eigenvalue weighted by atomic mass is 9.88. The molecule has 0 amide bonds. The largest absolute Gasteiger partial charge is 0.492 e. The van der Waals surface area contributed by atoms with Crippen molar-refractivity contribution >= 4 is 11.8 Å². The van der Waals surface area contributed by atoms with Crippen LogP contribution in [-0.4, -0.2) is 34.8 Å². The Morgan fingerprint density at radius 2 is 2.29 bits per heavy atom. The van der Waals surface area contributed by atoms with Crippen molar-refractivity contribution in [3.63, 3.8) is 0 Å². The standard InChI is InChI=1S/C13H19NO2S/c15-9-12(11-3-6-17-7-4-11)10-16-13-2-1-5-14-8-13/h1-2,5,8,11-12,15H,3-4,6-7,9-10H2. The van der Waals surface area contributed by atoms with Crippen LogP contribution < -0.4 is 4.74 Å². The normalized spacial score (nSPS) is 18.9. The molecule has 17 heavy (non-hydrogen) atoms. The van der Waals surface area contributed by atoms with Crippen LogP contribution in [-0.2, 0) is 0 Å². The maximum Gasteiger partial charge on any atom is 0.137 e. The molecule has 1 unspecified atom stereocenters. The molecule has 1 saturated heterocycles. The number of aromatic nitrogens is 1. The summed E-state index contributed by atoms with van der Waals surface area (Å²) in [6.45, 7) is 0.813. The maximum atomic E-state index is 9.45. The van der Waals surface area contributed by atoms with Gasteiger partial charge in [-0.1, -0.05) is 0 Å². The van der Waals surface area contributed by atoms with Crippen LogP contribution in [0.1, 0.15) is 12.8 Å². The van der Waals surface area contributed by atoms with Gasteiger partial charge in [0.25, 0.3) is 0 Å². The van der Waals surface area contributed by atoms with Crippen molar-refractivity contribution in [2.24, 2.45) is 11.8 Å². The van der Waals surface area contributed by atoms with Crippen LogP contribution in [0.2, 0.25) is 0 Å². The van der Waals surface area contributed by atoms with Crippen LogP contribution in [0.4, 0.5) is 0 Å². The molecule has 1 aliphatic rings. The molecular weight excluding hydrogens is 234 g/mol. The first-order valence-corrected chi connectivity index (χ1v) is 7.27. The lowest BCUT2D eigenvalue weighted by molar-refractivity contribution is 0.112. The average Bonchev–Trinajstić information content (AvgIpc) is 2.42. The van der Waals surface area contributed by atoms with Crippen molar-refractivity contribution in [2.75, 3.05) is 24.7 Å². The Balaban J connectivity index is 1.82. The highest BCUT2D eigenvalue weighted by Gasteiger charge is 2.23. The predicted molar refractivity (Wildman–Crippen MR) is 70.4 cm³/mol. The van der Waals surface area contributed by atoms with Gasteiger partial charge >= 0.3 is 0 Å². The van der Waals surface area contributed by atoms with E-state index in [1.165, 1.54) is 24.3 Å². The highest BCUT2D eigenvalue weighted by molar-refractivity contribution is 7.99. The minimum Gasteiger partial charge on any atom is -0.492 e. The molecule has 4 heteroatoms. The van der Waals surface area contributed by atoms with E-state index < -0.39 is 0 Å². The van der Waals surface area contributed by atoms with Gasteiger partial charge in [-0.2, -0.15) is 11.8 Å². The highest BCUT2D eigenvalue weighted by Crippen LogP contribution is 2.29. The number of aliphatic hydroxyl groups excluding tert-OH is 1. The fourth-order valence-corrected chi connectivity index (χ4v) is 3.30. The first kappa shape index (κ1) is 12.7. The van der Waals surface area contributed by atoms with Crippen molar-refractivity contribution < 1.29 is 9.84 Å². The summed E-state index contributed by atoms with van der Waals surface area (Å²) in [5.41, 5.74) is 0. The molecule has 0 aromatic carbocycles. The minimum absolute atomic E-state index is 0.218. The van der Waals surface area contributed by atoms with Crippen molar-refractivity contribution in [3.05, 3.63) is 24.5 Å². The second-order valence-electron chi connectivity index (χ2n) is 4.39. The minimum atomic E-state index is 0.218. The second-order valence-corrected chi connectivity index (χ2v) is 5.62. The smallest absolute Gasteiger partial charge is 0.137 e. The van der Waals surface area contributed by atoms with E-state index in [2.05, 4.69) is 4.98 Å². The van der Waals surface area contributed by atoms with E-state index in [1.807, 2.05) is 23.9 Å². The summed E-state index contributed by atoms with van der Waals surface area (Å²) in [6.07, 6.45) is 5.85. The molecule has 1 N–H and O–H groups in total. The van der Waals surface area contributed by atoms with Crippen molar-refractivity contribution in [1.82, 2.24) is 4.98 Å². The van der Waals surface area contributed by atoms with Crippen LogP contribution in [0.5, 0.6) is 5.75 Å². The Bertz CT molecular complexity index is 314. The zero-order valence-electron chi connectivity index (χ0n) is 9.92. The molecule has 0 radical (unpaired) electrons. The summed E-state index contributed by atoms with van der Waals surface area (Å²) >= 11 is 2.01. The van der Waals surface area contributed by atoms with Gasteiger partial charge in [-0.15, -0.1) is 0 Å². The molecule has 3 nitrogen and oxygen atoms in total. The van der Waals surface area contributed by atoms with Gasteiger partial charge in [-0.3, -0.25) is 4.98 Å². The number of ether oxygens (including phenoxy) is 1. The van der Waals surface area contributed by atoms with Gasteiger partial charge in [0, 0.05) is 18.7 Å². The van der Waals surface area contributed by atoms with Crippen LogP contribution in [0.25, 0.3) is 0 Å². The van der Waals surface area contributed by atoms with Crippen molar-refractivity contribution in [1.29, 1.82) is 0 Å². The van der Waals surface area contributed by atoms with Crippen LogP contribution >= 0.6 is 11.8 Å². The van der Waals surface area contributed by atoms with Crippen LogP contribution in [0.3, 0.4) is 0 Å². The molecule has 1 atom stereocenters. The van der Waals surface area contributed by atoms with Crippen LogP contribution in [0.15, 0.2) is 24.5 Å². The van der Waals surface area contributed by atoms with Crippen LogP contribution in [0, 0.1) is 11.8 Å². The number of pyridine rings is 1. The number of hydrogen-bond donors (Lipinski definition) is 1. The summed E-state index contributed by atoms with van der Waals surface area (Å²) in [5.74, 6) is 4.09. The molecule has 2 heterocycles. The monoisotopic (exact) mass is 253 g/mol. The predicted octanol–water partition coefficient (Wildman–Crippen LogP) is 2.21. The zero-order chi connectivity index (χ0) is 11.9. The van der Waals surface area contributed by atoms with Gasteiger partial charge in [0.1, 0.15) is 5.75 Å². The Morgan fingerprint density at radius 3 is 2.94 bits per heavy atom. The number of nitrogens with zero attached hydrogens (tertiary/aromatic N) is 1. The lowest BCUT2D eigenvalue weighted by Gasteiger charge is -2.28. The molecular formula is C13H19NO2S. The van der Waals surface area contributed by atoms with E-state index in [0.29, 0.717) is 12.5 Å². The van der Waals surface area contributed by atoms with E-state index in [9.17, 15) is 5.11 Å². The van der Waals surface area contributed by atoms with E-state index >= 15 is 0 Å². The number of rotatable bonds is 5. The van der Waals surface area contributed by atoms with E-state index in [-0.39, 0.29) is 12.5 Å². The Hall–Kier alpha value is -0.740. The summed E-state index contributed by atoms with van der Waals surface area (Å²) in [5, 5.41) is 9.45. The van der Waals surface area contributed by atoms with Gasteiger partial charge in [-0.05, 0) is 42.4 Å². The maximum absolute atomic E-state index is 9.45. The number of thioether (sulfide) groups is 1. The van der Waals surface area contributed by atoms with Crippen molar-refractivity contribution in [3.8, 4) is 5.75 Å². The molecule has 0 aliphatic carbocycles. The number of hydrogen-bond acceptors (Lipinski definition) is 4. The van der Waals surface area contributed by atoms with Gasteiger partial charge in [-0.25, -0.2) is 0 Å². The Kier molecular flexibility index (Phi) is 5.13. The molecule has 0 bridgehead atoms. The summed E-state index contributed by atoms with van der Waals surface area (Å²) in [7, 11) is 0.